The van der Waals surface area contributed by atoms with Crippen molar-refractivity contribution in [3.8, 4) is 34.2 Å². The maximum absolute atomic E-state index is 6.15. The number of fused-ring (bicyclic) bond motifs is 8. The van der Waals surface area contributed by atoms with E-state index in [2.05, 4.69) is 127 Å². The smallest absolute Gasteiger partial charge is 0.164 e. The molecule has 0 bridgehead atoms. The summed E-state index contributed by atoms with van der Waals surface area (Å²) in [6.07, 6.45) is 0. The Labute approximate surface area is 267 Å². The first-order valence-corrected chi connectivity index (χ1v) is 16.1. The zero-order valence-corrected chi connectivity index (χ0v) is 25.3. The van der Waals surface area contributed by atoms with Gasteiger partial charge in [0.05, 0.1) is 0 Å². The lowest BCUT2D eigenvalue weighted by atomic mass is 10.0. The van der Waals surface area contributed by atoms with E-state index < -0.39 is 0 Å². The van der Waals surface area contributed by atoms with Gasteiger partial charge in [-0.15, -0.1) is 11.3 Å². The lowest BCUT2D eigenvalue weighted by Crippen LogP contribution is -2.00. The highest BCUT2D eigenvalue weighted by atomic mass is 32.1. The summed E-state index contributed by atoms with van der Waals surface area (Å²) in [5, 5.41) is 9.29. The van der Waals surface area contributed by atoms with E-state index in [1.807, 2.05) is 12.1 Å². The molecule has 0 atom stereocenters. The number of para-hydroxylation sites is 1. The number of hydrogen-bond acceptors (Lipinski definition) is 5. The normalized spacial score (nSPS) is 11.9. The number of hydrogen-bond donors (Lipinski definition) is 0. The molecule has 4 nitrogen and oxygen atoms in total. The molecule has 0 spiro atoms. The Balaban J connectivity index is 1.18. The van der Waals surface area contributed by atoms with Crippen LogP contribution in [-0.2, 0) is 0 Å². The van der Waals surface area contributed by atoms with Gasteiger partial charge in [0.25, 0.3) is 0 Å². The van der Waals surface area contributed by atoms with E-state index in [1.54, 1.807) is 11.3 Å². The van der Waals surface area contributed by atoms with Crippen LogP contribution in [-0.4, -0.2) is 15.0 Å². The minimum atomic E-state index is 0.642. The van der Waals surface area contributed by atoms with Crippen LogP contribution >= 0.6 is 11.3 Å². The van der Waals surface area contributed by atoms with Crippen molar-refractivity contribution in [1.82, 2.24) is 15.0 Å². The van der Waals surface area contributed by atoms with Crippen LogP contribution in [0.15, 0.2) is 144 Å². The largest absolute Gasteiger partial charge is 0.456 e. The van der Waals surface area contributed by atoms with Crippen molar-refractivity contribution in [1.29, 1.82) is 0 Å². The second-order valence-electron chi connectivity index (χ2n) is 11.7. The number of aromatic nitrogens is 3. The lowest BCUT2D eigenvalue weighted by Gasteiger charge is -2.10. The highest BCUT2D eigenvalue weighted by molar-refractivity contribution is 7.25. The van der Waals surface area contributed by atoms with Crippen molar-refractivity contribution in [2.24, 2.45) is 0 Å². The standard InChI is InChI=1S/C41H23N3OS/c1-2-8-25-19-27(15-13-24(25)7-1)39-42-40(44-41(43-39)29-17-18-33-32-10-4-6-12-37(32)46-38(33)23-29)28-16-14-26-22-36-34(21-30(26)20-28)31-9-3-5-11-35(31)45-36/h1-23H. The summed E-state index contributed by atoms with van der Waals surface area (Å²) in [6.45, 7) is 0. The van der Waals surface area contributed by atoms with Crippen molar-refractivity contribution in [3.05, 3.63) is 140 Å². The van der Waals surface area contributed by atoms with Crippen LogP contribution in [0.2, 0.25) is 0 Å². The maximum Gasteiger partial charge on any atom is 0.164 e. The molecule has 3 aromatic heterocycles. The predicted molar refractivity (Wildman–Crippen MR) is 191 cm³/mol. The molecule has 3 heterocycles. The van der Waals surface area contributed by atoms with Crippen molar-refractivity contribution in [3.63, 3.8) is 0 Å². The zero-order chi connectivity index (χ0) is 30.2. The van der Waals surface area contributed by atoms with Gasteiger partial charge in [-0.1, -0.05) is 97.1 Å². The van der Waals surface area contributed by atoms with Crippen molar-refractivity contribution >= 4 is 75.0 Å². The Morgan fingerprint density at radius 3 is 1.78 bits per heavy atom. The number of furan rings is 1. The highest BCUT2D eigenvalue weighted by Gasteiger charge is 2.16. The molecule has 5 heteroatoms. The Morgan fingerprint density at radius 1 is 0.370 bits per heavy atom. The Bertz CT molecular complexity index is 2830. The van der Waals surface area contributed by atoms with E-state index >= 15 is 0 Å². The summed E-state index contributed by atoms with van der Waals surface area (Å²) < 4.78 is 8.65. The minimum absolute atomic E-state index is 0.642. The van der Waals surface area contributed by atoms with Gasteiger partial charge >= 0.3 is 0 Å². The van der Waals surface area contributed by atoms with Gasteiger partial charge in [-0.05, 0) is 64.0 Å². The number of nitrogens with zero attached hydrogens (tertiary/aromatic N) is 3. The van der Waals surface area contributed by atoms with Crippen molar-refractivity contribution in [2.75, 3.05) is 0 Å². The molecule has 0 aliphatic carbocycles. The van der Waals surface area contributed by atoms with Crippen LogP contribution in [0.1, 0.15) is 0 Å². The van der Waals surface area contributed by atoms with Gasteiger partial charge in [0.2, 0.25) is 0 Å². The Morgan fingerprint density at radius 2 is 0.957 bits per heavy atom. The Hall–Kier alpha value is -5.91. The second-order valence-corrected chi connectivity index (χ2v) is 12.8. The first-order valence-electron chi connectivity index (χ1n) is 15.3. The van der Waals surface area contributed by atoms with E-state index in [1.165, 1.54) is 25.6 Å². The van der Waals surface area contributed by atoms with Gasteiger partial charge < -0.3 is 4.42 Å². The second kappa shape index (κ2) is 9.80. The van der Waals surface area contributed by atoms with E-state index in [-0.39, 0.29) is 0 Å². The number of thiophene rings is 1. The third-order valence-electron chi connectivity index (χ3n) is 8.87. The summed E-state index contributed by atoms with van der Waals surface area (Å²) in [5.41, 5.74) is 4.65. The quantitative estimate of drug-likeness (QED) is 0.201. The van der Waals surface area contributed by atoms with Gasteiger partial charge in [0.1, 0.15) is 11.2 Å². The molecule has 0 N–H and O–H groups in total. The molecule has 0 amide bonds. The molecule has 0 radical (unpaired) electrons. The fourth-order valence-electron chi connectivity index (χ4n) is 6.56. The average molecular weight is 606 g/mol. The van der Waals surface area contributed by atoms with Crippen LogP contribution in [0, 0.1) is 0 Å². The molecule has 10 aromatic rings. The molecule has 7 aromatic carbocycles. The molecule has 0 unspecified atom stereocenters. The van der Waals surface area contributed by atoms with Crippen LogP contribution in [0.25, 0.3) is 97.8 Å². The molecule has 0 aliphatic heterocycles. The van der Waals surface area contributed by atoms with Crippen molar-refractivity contribution < 1.29 is 4.42 Å². The van der Waals surface area contributed by atoms with E-state index in [9.17, 15) is 0 Å². The van der Waals surface area contributed by atoms with Crippen LogP contribution in [0.3, 0.4) is 0 Å². The fourth-order valence-corrected chi connectivity index (χ4v) is 7.71. The first-order chi connectivity index (χ1) is 22.7. The minimum Gasteiger partial charge on any atom is -0.456 e. The van der Waals surface area contributed by atoms with Crippen molar-refractivity contribution in [2.45, 2.75) is 0 Å². The molecule has 0 saturated carbocycles. The molecule has 214 valence electrons. The number of rotatable bonds is 3. The molecule has 0 fully saturated rings. The fraction of sp³-hybridized carbons (Fsp3) is 0. The topological polar surface area (TPSA) is 51.8 Å². The van der Waals surface area contributed by atoms with E-state index in [4.69, 9.17) is 19.4 Å². The molecular formula is C41H23N3OS. The van der Waals surface area contributed by atoms with Gasteiger partial charge in [0.15, 0.2) is 17.5 Å². The monoisotopic (exact) mass is 605 g/mol. The lowest BCUT2D eigenvalue weighted by molar-refractivity contribution is 0.669. The van der Waals surface area contributed by atoms with Gasteiger partial charge in [-0.25, -0.2) is 15.0 Å². The highest BCUT2D eigenvalue weighted by Crippen LogP contribution is 2.37. The third kappa shape index (κ3) is 4.03. The van der Waals surface area contributed by atoms with E-state index in [0.717, 1.165) is 54.8 Å². The number of benzene rings is 7. The molecule has 0 saturated heterocycles. The Kier molecular flexibility index (Phi) is 5.41. The average Bonchev–Trinajstić information content (AvgIpc) is 3.67. The summed E-state index contributed by atoms with van der Waals surface area (Å²) in [5.74, 6) is 1.95. The van der Waals surface area contributed by atoms with Crippen LogP contribution < -0.4 is 0 Å². The van der Waals surface area contributed by atoms with Crippen LogP contribution in [0.5, 0.6) is 0 Å². The molecule has 10 rings (SSSR count). The van der Waals surface area contributed by atoms with Gasteiger partial charge in [0, 0.05) is 47.6 Å². The predicted octanol–water partition coefficient (Wildman–Crippen LogP) is 11.4. The first kappa shape index (κ1) is 25.4. The van der Waals surface area contributed by atoms with E-state index in [0.29, 0.717) is 17.5 Å². The molecule has 0 aliphatic rings. The molecule has 46 heavy (non-hydrogen) atoms. The SMILES string of the molecule is c1ccc2cc(-c3nc(-c4ccc5cc6oc7ccccc7c6cc5c4)nc(-c4ccc5c(c4)sc4ccccc45)n3)ccc2c1. The van der Waals surface area contributed by atoms with Gasteiger partial charge in [-0.2, -0.15) is 0 Å². The van der Waals surface area contributed by atoms with Crippen LogP contribution in [0.4, 0.5) is 0 Å². The summed E-state index contributed by atoms with van der Waals surface area (Å²) in [4.78, 5) is 15.2. The summed E-state index contributed by atoms with van der Waals surface area (Å²) >= 11 is 1.80. The third-order valence-corrected chi connectivity index (χ3v) is 10.0. The maximum atomic E-state index is 6.15. The van der Waals surface area contributed by atoms with Gasteiger partial charge in [-0.3, -0.25) is 0 Å². The summed E-state index contributed by atoms with van der Waals surface area (Å²) in [6, 6.07) is 48.8. The summed E-state index contributed by atoms with van der Waals surface area (Å²) in [7, 11) is 0. The molecular weight excluding hydrogens is 583 g/mol. The zero-order valence-electron chi connectivity index (χ0n) is 24.4.